The summed E-state index contributed by atoms with van der Waals surface area (Å²) < 4.78 is 10.6. The summed E-state index contributed by atoms with van der Waals surface area (Å²) in [6.45, 7) is 0.238. The normalized spacial score (nSPS) is 14.8. The lowest BCUT2D eigenvalue weighted by Crippen LogP contribution is -2.48. The van der Waals surface area contributed by atoms with Crippen LogP contribution in [-0.2, 0) is 6.42 Å². The number of benzene rings is 2. The van der Waals surface area contributed by atoms with Gasteiger partial charge in [-0.1, -0.05) is 30.3 Å². The number of carbonyl (C=O) groups excluding carboxylic acids is 1. The van der Waals surface area contributed by atoms with Gasteiger partial charge in [0.05, 0.1) is 12.1 Å². The van der Waals surface area contributed by atoms with Crippen LogP contribution >= 0.6 is 0 Å². The Balaban J connectivity index is 1.81. The van der Waals surface area contributed by atoms with E-state index >= 15 is 0 Å². The number of aliphatic hydroxyl groups excluding tert-OH is 1. The van der Waals surface area contributed by atoms with Crippen LogP contribution in [0.2, 0.25) is 0 Å². The minimum atomic E-state index is -0.817. The number of carbonyl (C=O) groups is 1. The first-order valence-electron chi connectivity index (χ1n) is 8.19. The van der Waals surface area contributed by atoms with E-state index in [0.717, 1.165) is 5.56 Å². The lowest BCUT2D eigenvalue weighted by Gasteiger charge is -2.32. The van der Waals surface area contributed by atoms with Crippen molar-refractivity contribution >= 4 is 5.91 Å². The molecule has 0 spiro atoms. The molecule has 0 aromatic heterocycles. The van der Waals surface area contributed by atoms with Gasteiger partial charge < -0.3 is 25.2 Å². The van der Waals surface area contributed by atoms with Gasteiger partial charge in [-0.05, 0) is 30.2 Å². The van der Waals surface area contributed by atoms with E-state index in [2.05, 4.69) is 0 Å². The van der Waals surface area contributed by atoms with Crippen LogP contribution in [0.5, 0.6) is 11.5 Å². The summed E-state index contributed by atoms with van der Waals surface area (Å²) in [6, 6.07) is 14.4. The van der Waals surface area contributed by atoms with E-state index in [-0.39, 0.29) is 19.2 Å². The fourth-order valence-electron chi connectivity index (χ4n) is 2.93. The van der Waals surface area contributed by atoms with Gasteiger partial charge in [-0.15, -0.1) is 0 Å². The predicted molar refractivity (Wildman–Crippen MR) is 93.7 cm³/mol. The second kappa shape index (κ2) is 7.55. The molecule has 6 nitrogen and oxygen atoms in total. The minimum absolute atomic E-state index is 0.0796. The molecule has 25 heavy (non-hydrogen) atoms. The molecule has 1 aliphatic heterocycles. The highest BCUT2D eigenvalue weighted by atomic mass is 16.7. The molecule has 0 fully saturated rings. The fraction of sp³-hybridized carbons (Fsp3) is 0.316. The van der Waals surface area contributed by atoms with Crippen LogP contribution in [0, 0.1) is 0 Å². The van der Waals surface area contributed by atoms with E-state index in [4.69, 9.17) is 15.2 Å². The van der Waals surface area contributed by atoms with Gasteiger partial charge in [-0.25, -0.2) is 0 Å². The van der Waals surface area contributed by atoms with Crippen molar-refractivity contribution in [3.8, 4) is 11.5 Å². The van der Waals surface area contributed by atoms with Crippen LogP contribution in [0.25, 0.3) is 0 Å². The van der Waals surface area contributed by atoms with E-state index in [1.165, 1.54) is 0 Å². The number of rotatable bonds is 6. The van der Waals surface area contributed by atoms with Crippen molar-refractivity contribution in [3.05, 3.63) is 59.7 Å². The zero-order chi connectivity index (χ0) is 17.8. The molecular weight excluding hydrogens is 320 g/mol. The van der Waals surface area contributed by atoms with E-state index < -0.39 is 12.1 Å². The summed E-state index contributed by atoms with van der Waals surface area (Å²) in [5.74, 6) is 0.979. The number of hydrogen-bond donors (Lipinski definition) is 2. The van der Waals surface area contributed by atoms with E-state index in [9.17, 15) is 9.90 Å². The summed E-state index contributed by atoms with van der Waals surface area (Å²) in [5.41, 5.74) is 7.17. The average molecular weight is 342 g/mol. The minimum Gasteiger partial charge on any atom is -0.454 e. The molecule has 132 valence electrons. The van der Waals surface area contributed by atoms with Gasteiger partial charge >= 0.3 is 0 Å². The quantitative estimate of drug-likeness (QED) is 0.829. The Bertz CT molecular complexity index is 735. The Morgan fingerprint density at radius 1 is 1.20 bits per heavy atom. The number of hydrogen-bond acceptors (Lipinski definition) is 5. The molecule has 6 heteroatoms. The number of nitrogens with two attached hydrogens (primary N) is 1. The molecular formula is C19H22N2O4. The number of ether oxygens (including phenoxy) is 2. The van der Waals surface area contributed by atoms with Crippen LogP contribution in [-0.4, -0.2) is 48.4 Å². The van der Waals surface area contributed by atoms with E-state index in [0.29, 0.717) is 23.5 Å². The third-order valence-corrected chi connectivity index (χ3v) is 4.41. The molecule has 2 aromatic carbocycles. The molecule has 0 bridgehead atoms. The fourth-order valence-corrected chi connectivity index (χ4v) is 2.93. The SMILES string of the molecule is CN(C(=O)c1ccc2c(c1)OCO2)C(Cc1ccccc1)C(O)CN. The van der Waals surface area contributed by atoms with Gasteiger partial charge in [0.25, 0.3) is 5.91 Å². The highest BCUT2D eigenvalue weighted by molar-refractivity contribution is 5.95. The second-order valence-corrected chi connectivity index (χ2v) is 6.04. The van der Waals surface area contributed by atoms with Crippen molar-refractivity contribution in [1.82, 2.24) is 4.90 Å². The molecule has 3 rings (SSSR count). The van der Waals surface area contributed by atoms with Gasteiger partial charge in [0, 0.05) is 19.2 Å². The monoisotopic (exact) mass is 342 g/mol. The molecule has 3 N–H and O–H groups in total. The smallest absolute Gasteiger partial charge is 0.254 e. The van der Waals surface area contributed by atoms with Gasteiger partial charge in [-0.2, -0.15) is 0 Å². The van der Waals surface area contributed by atoms with Crippen molar-refractivity contribution < 1.29 is 19.4 Å². The highest BCUT2D eigenvalue weighted by Crippen LogP contribution is 2.33. The number of nitrogens with zero attached hydrogens (tertiary/aromatic N) is 1. The van der Waals surface area contributed by atoms with Crippen LogP contribution < -0.4 is 15.2 Å². The molecule has 1 amide bonds. The van der Waals surface area contributed by atoms with E-state index in [1.54, 1.807) is 30.1 Å². The Kier molecular flexibility index (Phi) is 5.21. The van der Waals surface area contributed by atoms with Gasteiger partial charge in [0.15, 0.2) is 11.5 Å². The van der Waals surface area contributed by atoms with Crippen LogP contribution in [0.1, 0.15) is 15.9 Å². The van der Waals surface area contributed by atoms with Gasteiger partial charge in [-0.3, -0.25) is 4.79 Å². The maximum Gasteiger partial charge on any atom is 0.254 e. The Hall–Kier alpha value is -2.57. The van der Waals surface area contributed by atoms with Crippen molar-refractivity contribution in [2.45, 2.75) is 18.6 Å². The zero-order valence-electron chi connectivity index (χ0n) is 14.1. The third kappa shape index (κ3) is 3.75. The molecule has 1 aliphatic rings. The van der Waals surface area contributed by atoms with Crippen molar-refractivity contribution in [1.29, 1.82) is 0 Å². The largest absolute Gasteiger partial charge is 0.454 e. The lowest BCUT2D eigenvalue weighted by atomic mass is 9.99. The molecule has 0 saturated heterocycles. The Morgan fingerprint density at radius 2 is 1.92 bits per heavy atom. The van der Waals surface area contributed by atoms with Crippen molar-refractivity contribution in [3.63, 3.8) is 0 Å². The summed E-state index contributed by atoms with van der Waals surface area (Å²) in [5, 5.41) is 10.3. The van der Waals surface area contributed by atoms with Crippen molar-refractivity contribution in [2.24, 2.45) is 5.73 Å². The van der Waals surface area contributed by atoms with Gasteiger partial charge in [0.2, 0.25) is 6.79 Å². The maximum absolute atomic E-state index is 12.9. The first-order valence-corrected chi connectivity index (χ1v) is 8.19. The third-order valence-electron chi connectivity index (χ3n) is 4.41. The second-order valence-electron chi connectivity index (χ2n) is 6.04. The van der Waals surface area contributed by atoms with Crippen LogP contribution in [0.4, 0.5) is 0 Å². The topological polar surface area (TPSA) is 85.0 Å². The van der Waals surface area contributed by atoms with Crippen molar-refractivity contribution in [2.75, 3.05) is 20.4 Å². The van der Waals surface area contributed by atoms with Crippen LogP contribution in [0.15, 0.2) is 48.5 Å². The molecule has 2 atom stereocenters. The Labute approximate surface area is 146 Å². The van der Waals surface area contributed by atoms with Crippen LogP contribution in [0.3, 0.4) is 0 Å². The number of amides is 1. The molecule has 2 aromatic rings. The molecule has 0 aliphatic carbocycles. The maximum atomic E-state index is 12.9. The molecule has 1 heterocycles. The predicted octanol–water partition coefficient (Wildman–Crippen LogP) is 1.42. The molecule has 2 unspecified atom stereocenters. The highest BCUT2D eigenvalue weighted by Gasteiger charge is 2.28. The first kappa shape index (κ1) is 17.3. The number of likely N-dealkylation sites (N-methyl/N-ethyl adjacent to an activating group) is 1. The first-order chi connectivity index (χ1) is 12.1. The summed E-state index contributed by atoms with van der Waals surface area (Å²) in [6.07, 6.45) is -0.297. The number of aliphatic hydroxyl groups is 1. The summed E-state index contributed by atoms with van der Waals surface area (Å²) >= 11 is 0. The summed E-state index contributed by atoms with van der Waals surface area (Å²) in [7, 11) is 1.68. The standard InChI is InChI=1S/C19H22N2O4/c1-21(15(16(22)11-20)9-13-5-3-2-4-6-13)19(23)14-7-8-17-18(10-14)25-12-24-17/h2-8,10,15-16,22H,9,11-12,20H2,1H3. The number of fused-ring (bicyclic) bond motifs is 1. The molecule has 0 saturated carbocycles. The average Bonchev–Trinajstić information content (AvgIpc) is 3.13. The zero-order valence-corrected chi connectivity index (χ0v) is 14.1. The molecule has 0 radical (unpaired) electrons. The Morgan fingerprint density at radius 3 is 2.64 bits per heavy atom. The van der Waals surface area contributed by atoms with Gasteiger partial charge in [0.1, 0.15) is 0 Å². The van der Waals surface area contributed by atoms with E-state index in [1.807, 2.05) is 30.3 Å². The summed E-state index contributed by atoms with van der Waals surface area (Å²) in [4.78, 5) is 14.4. The lowest BCUT2D eigenvalue weighted by molar-refractivity contribution is 0.0468.